The molecule has 41 heavy (non-hydrogen) atoms. The number of esters is 1. The number of nitrogens with one attached hydrogen (secondary N) is 1. The molecule has 0 amide bonds. The summed E-state index contributed by atoms with van der Waals surface area (Å²) in [5.41, 5.74) is 3.45. The second-order valence-electron chi connectivity index (χ2n) is 9.74. The highest BCUT2D eigenvalue weighted by atomic mass is 19.4. The number of rotatable bonds is 8. The van der Waals surface area contributed by atoms with Crippen LogP contribution in [-0.2, 0) is 24.1 Å². The maximum Gasteiger partial charge on any atom is 0.573 e. The zero-order chi connectivity index (χ0) is 29.1. The molecule has 14 heteroatoms. The van der Waals surface area contributed by atoms with Gasteiger partial charge in [-0.05, 0) is 50.6 Å². The fourth-order valence-electron chi connectivity index (χ4n) is 5.01. The van der Waals surface area contributed by atoms with Crippen molar-refractivity contribution in [2.24, 2.45) is 0 Å². The zero-order valence-corrected chi connectivity index (χ0v) is 22.7. The van der Waals surface area contributed by atoms with Crippen LogP contribution in [0, 0.1) is 11.3 Å². The minimum atomic E-state index is -4.89. The maximum absolute atomic E-state index is 13.2. The van der Waals surface area contributed by atoms with Crippen LogP contribution >= 0.6 is 0 Å². The molecular weight excluding hydrogens is 541 g/mol. The van der Waals surface area contributed by atoms with Crippen molar-refractivity contribution in [2.45, 2.75) is 39.1 Å². The van der Waals surface area contributed by atoms with Crippen LogP contribution in [0.4, 0.5) is 30.5 Å². The van der Waals surface area contributed by atoms with Crippen molar-refractivity contribution in [2.75, 3.05) is 50.1 Å². The number of anilines is 3. The van der Waals surface area contributed by atoms with E-state index in [4.69, 9.17) is 10.00 Å². The Balaban J connectivity index is 1.53. The average molecular weight is 571 g/mol. The highest BCUT2D eigenvalue weighted by molar-refractivity contribution is 5.91. The van der Waals surface area contributed by atoms with E-state index in [0.29, 0.717) is 29.8 Å². The monoisotopic (exact) mass is 570 g/mol. The van der Waals surface area contributed by atoms with Crippen molar-refractivity contribution in [3.05, 3.63) is 41.2 Å². The fourth-order valence-corrected chi connectivity index (χ4v) is 5.01. The van der Waals surface area contributed by atoms with Gasteiger partial charge >= 0.3 is 12.3 Å². The van der Waals surface area contributed by atoms with Gasteiger partial charge in [0.25, 0.3) is 0 Å². The molecule has 3 heterocycles. The molecule has 5 rings (SSSR count). The van der Waals surface area contributed by atoms with Crippen LogP contribution < -0.4 is 15.0 Å². The van der Waals surface area contributed by atoms with Crippen molar-refractivity contribution >= 4 is 23.3 Å². The molecular formula is C27H29F3N8O3. The molecule has 0 unspecified atom stereocenters. The van der Waals surface area contributed by atoms with Crippen LogP contribution in [0.5, 0.6) is 5.75 Å². The topological polar surface area (TPSA) is 121 Å². The Morgan fingerprint density at radius 2 is 1.98 bits per heavy atom. The van der Waals surface area contributed by atoms with Gasteiger partial charge < -0.3 is 24.6 Å². The Morgan fingerprint density at radius 1 is 1.20 bits per heavy atom. The third-order valence-electron chi connectivity index (χ3n) is 6.99. The van der Waals surface area contributed by atoms with Crippen LogP contribution in [0.25, 0.3) is 11.4 Å². The second-order valence-corrected chi connectivity index (χ2v) is 9.74. The van der Waals surface area contributed by atoms with Gasteiger partial charge in [0, 0.05) is 43.6 Å². The first-order valence-corrected chi connectivity index (χ1v) is 13.3. The van der Waals surface area contributed by atoms with E-state index in [-0.39, 0.29) is 36.9 Å². The number of carbonyl (C=O) groups is 1. The SMILES string of the molecule is CCOC(=O)c1nn(CCC#N)c2c1CCc1cnc(Nc3cc(N4CCN(C)CC4)ccc3OC(F)(F)F)nc1-2. The van der Waals surface area contributed by atoms with Crippen LogP contribution in [0.15, 0.2) is 24.4 Å². The number of alkyl halides is 3. The second kappa shape index (κ2) is 11.6. The summed E-state index contributed by atoms with van der Waals surface area (Å²) >= 11 is 0. The number of fused-ring (bicyclic) bond motifs is 3. The van der Waals surface area contributed by atoms with Crippen LogP contribution in [0.1, 0.15) is 35.0 Å². The minimum Gasteiger partial charge on any atom is -0.461 e. The lowest BCUT2D eigenvalue weighted by molar-refractivity contribution is -0.274. The molecule has 1 fully saturated rings. The van der Waals surface area contributed by atoms with Crippen LogP contribution in [0.3, 0.4) is 0 Å². The van der Waals surface area contributed by atoms with Crippen LogP contribution in [-0.4, -0.2) is 76.8 Å². The number of hydrogen-bond acceptors (Lipinski definition) is 10. The van der Waals surface area contributed by atoms with Crippen molar-refractivity contribution in [3.8, 4) is 23.2 Å². The molecule has 3 aromatic rings. The molecule has 216 valence electrons. The molecule has 1 aliphatic carbocycles. The lowest BCUT2D eigenvalue weighted by Gasteiger charge is -2.34. The molecule has 1 N–H and O–H groups in total. The summed E-state index contributed by atoms with van der Waals surface area (Å²) in [7, 11) is 2.02. The number of halogens is 3. The number of piperazine rings is 1. The Bertz CT molecular complexity index is 1480. The quantitative estimate of drug-likeness (QED) is 0.399. The number of hydrogen-bond donors (Lipinski definition) is 1. The normalized spacial score (nSPS) is 15.1. The van der Waals surface area contributed by atoms with Gasteiger partial charge in [0.1, 0.15) is 0 Å². The van der Waals surface area contributed by atoms with E-state index in [1.54, 1.807) is 29.9 Å². The molecule has 2 aromatic heterocycles. The molecule has 1 aliphatic heterocycles. The highest BCUT2D eigenvalue weighted by Crippen LogP contribution is 2.38. The van der Waals surface area contributed by atoms with Crippen molar-refractivity contribution in [1.29, 1.82) is 5.26 Å². The predicted molar refractivity (Wildman–Crippen MR) is 143 cm³/mol. The van der Waals surface area contributed by atoms with E-state index >= 15 is 0 Å². The number of aryl methyl sites for hydroxylation is 2. The molecule has 0 spiro atoms. The van der Waals surface area contributed by atoms with E-state index in [0.717, 1.165) is 37.4 Å². The summed E-state index contributed by atoms with van der Waals surface area (Å²) in [5.74, 6) is -0.934. The molecule has 1 aromatic carbocycles. The lowest BCUT2D eigenvalue weighted by atomic mass is 9.93. The zero-order valence-electron chi connectivity index (χ0n) is 22.7. The molecule has 0 bridgehead atoms. The third kappa shape index (κ3) is 6.19. The number of aromatic nitrogens is 4. The predicted octanol–water partition coefficient (Wildman–Crippen LogP) is 3.92. The Labute approximate surface area is 234 Å². The third-order valence-corrected chi connectivity index (χ3v) is 6.99. The average Bonchev–Trinajstić information content (AvgIpc) is 3.32. The summed E-state index contributed by atoms with van der Waals surface area (Å²) in [6.45, 7) is 5.21. The van der Waals surface area contributed by atoms with Gasteiger partial charge in [0.05, 0.1) is 42.7 Å². The van der Waals surface area contributed by atoms with Gasteiger partial charge in [0.2, 0.25) is 5.95 Å². The van der Waals surface area contributed by atoms with E-state index in [2.05, 4.69) is 41.0 Å². The van der Waals surface area contributed by atoms with Gasteiger partial charge in [0.15, 0.2) is 11.4 Å². The van der Waals surface area contributed by atoms with E-state index < -0.39 is 18.1 Å². The first-order chi connectivity index (χ1) is 19.7. The lowest BCUT2D eigenvalue weighted by Crippen LogP contribution is -2.44. The number of nitrogens with zero attached hydrogens (tertiary/aromatic N) is 7. The number of nitriles is 1. The number of benzene rings is 1. The minimum absolute atomic E-state index is 0.0462. The number of carbonyl (C=O) groups excluding carboxylic acids is 1. The van der Waals surface area contributed by atoms with Crippen molar-refractivity contribution < 1.29 is 27.4 Å². The smallest absolute Gasteiger partial charge is 0.461 e. The number of ether oxygens (including phenoxy) is 2. The number of likely N-dealkylation sites (N-methyl/N-ethyl adjacent to an activating group) is 1. The Kier molecular flexibility index (Phi) is 7.98. The summed E-state index contributed by atoms with van der Waals surface area (Å²) in [6.07, 6.45) is -2.11. The largest absolute Gasteiger partial charge is 0.573 e. The van der Waals surface area contributed by atoms with Gasteiger partial charge in [-0.25, -0.2) is 14.8 Å². The molecule has 2 aliphatic rings. The molecule has 0 atom stereocenters. The standard InChI is InChI=1S/C27H29F3N8O3/c1-3-40-25(39)23-19-7-5-17-16-32-26(34-22(17)24(19)38(35-23)10-4-9-31)33-20-15-18(37-13-11-36(2)12-14-37)6-8-21(20)41-27(28,29)30/h6,8,15-16H,3-5,7,10-14H2,1-2H3,(H,32,33,34). The first kappa shape index (κ1) is 28.2. The summed E-state index contributed by atoms with van der Waals surface area (Å²) in [6, 6.07) is 6.55. The Hall–Kier alpha value is -4.38. The van der Waals surface area contributed by atoms with E-state index in [1.165, 1.54) is 6.07 Å². The van der Waals surface area contributed by atoms with Gasteiger partial charge in [-0.3, -0.25) is 4.68 Å². The maximum atomic E-state index is 13.2. The summed E-state index contributed by atoms with van der Waals surface area (Å²) in [4.78, 5) is 25.9. The molecule has 11 nitrogen and oxygen atoms in total. The van der Waals surface area contributed by atoms with Gasteiger partial charge in [-0.1, -0.05) is 0 Å². The van der Waals surface area contributed by atoms with Crippen LogP contribution in [0.2, 0.25) is 0 Å². The fraction of sp³-hybridized carbons (Fsp3) is 0.444. The Morgan fingerprint density at radius 3 is 2.68 bits per heavy atom. The first-order valence-electron chi connectivity index (χ1n) is 13.3. The van der Waals surface area contributed by atoms with Gasteiger partial charge in [-0.2, -0.15) is 10.4 Å². The van der Waals surface area contributed by atoms with E-state index in [1.807, 2.05) is 7.05 Å². The summed E-state index contributed by atoms with van der Waals surface area (Å²) in [5, 5.41) is 16.5. The molecule has 0 saturated carbocycles. The highest BCUT2D eigenvalue weighted by Gasteiger charge is 2.33. The van der Waals surface area contributed by atoms with Crippen molar-refractivity contribution in [3.63, 3.8) is 0 Å². The van der Waals surface area contributed by atoms with Gasteiger partial charge in [-0.15, -0.1) is 13.2 Å². The summed E-state index contributed by atoms with van der Waals surface area (Å²) < 4.78 is 50.8. The van der Waals surface area contributed by atoms with Crippen molar-refractivity contribution in [1.82, 2.24) is 24.6 Å². The molecule has 0 radical (unpaired) electrons. The molecule has 1 saturated heterocycles. The van der Waals surface area contributed by atoms with E-state index in [9.17, 15) is 18.0 Å².